The van der Waals surface area contributed by atoms with Crippen LogP contribution in [0.3, 0.4) is 0 Å². The molecule has 0 unspecified atom stereocenters. The van der Waals surface area contributed by atoms with Crippen molar-refractivity contribution in [2.75, 3.05) is 0 Å². The van der Waals surface area contributed by atoms with Gasteiger partial charge < -0.3 is 15.4 Å². The first-order valence-electron chi connectivity index (χ1n) is 4.76. The number of carbonyl (C=O) groups is 1. The number of fused-ring (bicyclic) bond motifs is 1. The van der Waals surface area contributed by atoms with Crippen LogP contribution >= 0.6 is 0 Å². The van der Waals surface area contributed by atoms with Gasteiger partial charge in [0.25, 0.3) is 0 Å². The molecule has 0 amide bonds. The summed E-state index contributed by atoms with van der Waals surface area (Å²) in [6.07, 6.45) is 0. The average Bonchev–Trinajstić information content (AvgIpc) is 2.58. The number of aromatic nitrogens is 1. The van der Waals surface area contributed by atoms with E-state index < -0.39 is 11.8 Å². The molecule has 0 aliphatic carbocycles. The molecule has 16 heavy (non-hydrogen) atoms. The van der Waals surface area contributed by atoms with Crippen LogP contribution in [0.25, 0.3) is 10.9 Å². The van der Waals surface area contributed by atoms with Gasteiger partial charge in [0, 0.05) is 24.5 Å². The van der Waals surface area contributed by atoms with E-state index in [1.807, 2.05) is 0 Å². The number of nitrogens with two attached hydrogens (primary N) is 1. The second-order valence-electron chi connectivity index (χ2n) is 3.57. The van der Waals surface area contributed by atoms with Gasteiger partial charge in [-0.3, -0.25) is 0 Å². The Bertz CT molecular complexity index is 575. The maximum Gasteiger partial charge on any atom is 0.352 e. The van der Waals surface area contributed by atoms with Gasteiger partial charge >= 0.3 is 5.97 Å². The van der Waals surface area contributed by atoms with Crippen LogP contribution in [0.1, 0.15) is 16.1 Å². The number of nitrogens with zero attached hydrogens (tertiary/aromatic N) is 1. The SMILES string of the molecule is Cn1c(C(=O)O)cc2c(F)c(CN)ccc21. The molecular formula is C11H11FN2O2. The van der Waals surface area contributed by atoms with E-state index in [1.165, 1.54) is 10.6 Å². The van der Waals surface area contributed by atoms with E-state index in [4.69, 9.17) is 10.8 Å². The highest BCUT2D eigenvalue weighted by molar-refractivity contribution is 5.95. The van der Waals surface area contributed by atoms with Gasteiger partial charge in [-0.2, -0.15) is 0 Å². The normalized spacial score (nSPS) is 10.9. The van der Waals surface area contributed by atoms with Gasteiger partial charge in [-0.1, -0.05) is 6.07 Å². The Hall–Kier alpha value is -1.88. The largest absolute Gasteiger partial charge is 0.477 e. The molecule has 1 heterocycles. The van der Waals surface area contributed by atoms with Crippen LogP contribution in [0, 0.1) is 5.82 Å². The van der Waals surface area contributed by atoms with Crippen molar-refractivity contribution in [2.45, 2.75) is 6.54 Å². The number of carboxylic acids is 1. The summed E-state index contributed by atoms with van der Waals surface area (Å²) in [6, 6.07) is 4.57. The maximum atomic E-state index is 13.8. The van der Waals surface area contributed by atoms with Gasteiger partial charge in [0.15, 0.2) is 0 Å². The Labute approximate surface area is 91.1 Å². The predicted molar refractivity (Wildman–Crippen MR) is 57.7 cm³/mol. The molecular weight excluding hydrogens is 211 g/mol. The number of aromatic carboxylic acids is 1. The highest BCUT2D eigenvalue weighted by Crippen LogP contribution is 2.24. The highest BCUT2D eigenvalue weighted by atomic mass is 19.1. The van der Waals surface area contributed by atoms with Crippen molar-refractivity contribution in [3.05, 3.63) is 35.3 Å². The van der Waals surface area contributed by atoms with Gasteiger partial charge in [0.2, 0.25) is 0 Å². The maximum absolute atomic E-state index is 13.8. The third-order valence-corrected chi connectivity index (χ3v) is 2.68. The van der Waals surface area contributed by atoms with Crippen LogP contribution < -0.4 is 5.73 Å². The summed E-state index contributed by atoms with van der Waals surface area (Å²) in [4.78, 5) is 10.9. The number of aryl methyl sites for hydroxylation is 1. The third-order valence-electron chi connectivity index (χ3n) is 2.68. The summed E-state index contributed by atoms with van der Waals surface area (Å²) < 4.78 is 15.3. The third kappa shape index (κ3) is 1.37. The molecule has 0 saturated carbocycles. The van der Waals surface area contributed by atoms with Crippen molar-refractivity contribution in [3.63, 3.8) is 0 Å². The summed E-state index contributed by atoms with van der Waals surface area (Å²) in [7, 11) is 1.59. The molecule has 1 aromatic heterocycles. The fourth-order valence-corrected chi connectivity index (χ4v) is 1.78. The number of carboxylic acid groups (broad SMARTS) is 1. The van der Waals surface area contributed by atoms with Gasteiger partial charge in [0.05, 0.1) is 5.52 Å². The lowest BCUT2D eigenvalue weighted by molar-refractivity contribution is 0.0687. The van der Waals surface area contributed by atoms with Gasteiger partial charge in [-0.15, -0.1) is 0 Å². The van der Waals surface area contributed by atoms with Crippen molar-refractivity contribution >= 4 is 16.9 Å². The van der Waals surface area contributed by atoms with Crippen LogP contribution in [0.15, 0.2) is 18.2 Å². The fraction of sp³-hybridized carbons (Fsp3) is 0.182. The van der Waals surface area contributed by atoms with Crippen LogP contribution in [0.4, 0.5) is 4.39 Å². The number of hydrogen-bond acceptors (Lipinski definition) is 2. The molecule has 2 aromatic rings. The minimum absolute atomic E-state index is 0.0584. The molecule has 0 aliphatic heterocycles. The first-order chi connectivity index (χ1) is 7.56. The molecule has 0 aliphatic rings. The summed E-state index contributed by atoms with van der Waals surface area (Å²) in [6.45, 7) is 0.0963. The van der Waals surface area contributed by atoms with E-state index in [0.717, 1.165) is 0 Å². The Kier molecular flexibility index (Phi) is 2.40. The lowest BCUT2D eigenvalue weighted by Crippen LogP contribution is -2.03. The fourth-order valence-electron chi connectivity index (χ4n) is 1.78. The first kappa shape index (κ1) is 10.6. The van der Waals surface area contributed by atoms with Gasteiger partial charge in [-0.25, -0.2) is 9.18 Å². The Balaban J connectivity index is 2.81. The molecule has 0 saturated heterocycles. The van der Waals surface area contributed by atoms with Crippen molar-refractivity contribution in [3.8, 4) is 0 Å². The molecule has 0 spiro atoms. The van der Waals surface area contributed by atoms with Crippen molar-refractivity contribution in [1.82, 2.24) is 4.57 Å². The van der Waals surface area contributed by atoms with E-state index in [-0.39, 0.29) is 12.2 Å². The van der Waals surface area contributed by atoms with E-state index in [1.54, 1.807) is 19.2 Å². The predicted octanol–water partition coefficient (Wildman–Crippen LogP) is 1.47. The lowest BCUT2D eigenvalue weighted by Gasteiger charge is -2.02. The second kappa shape index (κ2) is 3.61. The van der Waals surface area contributed by atoms with E-state index in [9.17, 15) is 9.18 Å². The van der Waals surface area contributed by atoms with Gasteiger partial charge in [-0.05, 0) is 12.1 Å². The van der Waals surface area contributed by atoms with E-state index in [2.05, 4.69) is 0 Å². The molecule has 84 valence electrons. The lowest BCUT2D eigenvalue weighted by atomic mass is 10.1. The minimum Gasteiger partial charge on any atom is -0.477 e. The molecule has 2 rings (SSSR count). The molecule has 0 atom stereocenters. The standard InChI is InChI=1S/C11H11FN2O2/c1-14-8-3-2-6(5-13)10(12)7(8)4-9(14)11(15)16/h2-4H,5,13H2,1H3,(H,15,16). The van der Waals surface area contributed by atoms with Crippen molar-refractivity contribution in [2.24, 2.45) is 12.8 Å². The van der Waals surface area contributed by atoms with Crippen LogP contribution in [-0.4, -0.2) is 15.6 Å². The molecule has 0 bridgehead atoms. The molecule has 5 heteroatoms. The van der Waals surface area contributed by atoms with Crippen molar-refractivity contribution in [1.29, 1.82) is 0 Å². The monoisotopic (exact) mass is 222 g/mol. The second-order valence-corrected chi connectivity index (χ2v) is 3.57. The minimum atomic E-state index is -1.08. The zero-order valence-electron chi connectivity index (χ0n) is 8.70. The summed E-state index contributed by atoms with van der Waals surface area (Å²) in [5.41, 5.74) is 6.37. The number of rotatable bonds is 2. The van der Waals surface area contributed by atoms with Crippen LogP contribution in [0.5, 0.6) is 0 Å². The molecule has 1 aromatic carbocycles. The summed E-state index contributed by atoms with van der Waals surface area (Å²) in [5, 5.41) is 9.21. The zero-order valence-corrected chi connectivity index (χ0v) is 8.70. The zero-order chi connectivity index (χ0) is 11.9. The van der Waals surface area contributed by atoms with E-state index >= 15 is 0 Å². The summed E-state index contributed by atoms with van der Waals surface area (Å²) in [5.74, 6) is -1.52. The van der Waals surface area contributed by atoms with Crippen LogP contribution in [0.2, 0.25) is 0 Å². The van der Waals surface area contributed by atoms with Crippen LogP contribution in [-0.2, 0) is 13.6 Å². The highest BCUT2D eigenvalue weighted by Gasteiger charge is 2.15. The van der Waals surface area contributed by atoms with Crippen molar-refractivity contribution < 1.29 is 14.3 Å². The van der Waals surface area contributed by atoms with E-state index in [0.29, 0.717) is 16.5 Å². The smallest absolute Gasteiger partial charge is 0.352 e. The first-order valence-corrected chi connectivity index (χ1v) is 4.76. The summed E-state index contributed by atoms with van der Waals surface area (Å²) >= 11 is 0. The molecule has 3 N–H and O–H groups in total. The Morgan fingerprint density at radius 3 is 2.81 bits per heavy atom. The molecule has 4 nitrogen and oxygen atoms in total. The number of hydrogen-bond donors (Lipinski definition) is 2. The number of benzene rings is 1. The topological polar surface area (TPSA) is 68.2 Å². The molecule has 0 radical (unpaired) electrons. The Morgan fingerprint density at radius 2 is 2.25 bits per heavy atom. The average molecular weight is 222 g/mol. The number of halogens is 1. The Morgan fingerprint density at radius 1 is 1.56 bits per heavy atom. The quantitative estimate of drug-likeness (QED) is 0.808. The van der Waals surface area contributed by atoms with Gasteiger partial charge in [0.1, 0.15) is 11.5 Å². The molecule has 0 fully saturated rings.